The van der Waals surface area contributed by atoms with Gasteiger partial charge in [0.05, 0.1) is 4.90 Å². The highest BCUT2D eigenvalue weighted by Gasteiger charge is 2.24. The molecule has 1 saturated heterocycles. The molecule has 24 heavy (non-hydrogen) atoms. The van der Waals surface area contributed by atoms with E-state index in [9.17, 15) is 13.2 Å². The molecule has 2 rings (SSSR count). The molecule has 0 saturated carbocycles. The monoisotopic (exact) mass is 354 g/mol. The third-order valence-corrected chi connectivity index (χ3v) is 6.05. The Morgan fingerprint density at radius 3 is 2.33 bits per heavy atom. The Labute approximate surface area is 144 Å². The number of methoxy groups -OCH3 is 1. The Kier molecular flexibility index (Phi) is 7.20. The molecule has 7 heteroatoms. The van der Waals surface area contributed by atoms with Crippen LogP contribution in [0.25, 0.3) is 0 Å². The van der Waals surface area contributed by atoms with Crippen molar-refractivity contribution in [1.82, 2.24) is 9.62 Å². The fraction of sp³-hybridized carbons (Fsp3) is 0.588. The second kappa shape index (κ2) is 9.15. The molecule has 6 nitrogen and oxygen atoms in total. The number of carbonyl (C=O) groups excluding carboxylic acids is 1. The van der Waals surface area contributed by atoms with E-state index in [1.165, 1.54) is 7.11 Å². The lowest BCUT2D eigenvalue weighted by Gasteiger charge is -2.20. The van der Waals surface area contributed by atoms with Gasteiger partial charge in [-0.25, -0.2) is 8.42 Å². The first-order valence-corrected chi connectivity index (χ1v) is 9.83. The van der Waals surface area contributed by atoms with E-state index in [0.29, 0.717) is 31.0 Å². The van der Waals surface area contributed by atoms with E-state index in [1.54, 1.807) is 16.4 Å². The maximum absolute atomic E-state index is 12.7. The average molecular weight is 354 g/mol. The summed E-state index contributed by atoms with van der Waals surface area (Å²) in [5, 5.41) is 2.75. The van der Waals surface area contributed by atoms with E-state index >= 15 is 0 Å². The highest BCUT2D eigenvalue weighted by atomic mass is 32.2. The van der Waals surface area contributed by atoms with Gasteiger partial charge in [0.2, 0.25) is 15.9 Å². The molecule has 0 atom stereocenters. The highest BCUT2D eigenvalue weighted by Crippen LogP contribution is 2.20. The van der Waals surface area contributed by atoms with Gasteiger partial charge >= 0.3 is 0 Å². The van der Waals surface area contributed by atoms with Crippen molar-refractivity contribution in [2.75, 3.05) is 33.4 Å². The van der Waals surface area contributed by atoms with Gasteiger partial charge < -0.3 is 10.1 Å². The van der Waals surface area contributed by atoms with Crippen molar-refractivity contribution in [2.24, 2.45) is 0 Å². The maximum atomic E-state index is 12.7. The molecule has 0 radical (unpaired) electrons. The standard InChI is InChI=1S/C17H26N2O4S/c1-23-14-17(20)18-11-10-15-6-8-16(9-7-15)24(21,22)19-12-4-2-3-5-13-19/h6-9H,2-5,10-14H2,1H3,(H,18,20). The Balaban J connectivity index is 1.94. The van der Waals surface area contributed by atoms with E-state index in [0.717, 1.165) is 31.2 Å². The summed E-state index contributed by atoms with van der Waals surface area (Å²) >= 11 is 0. The summed E-state index contributed by atoms with van der Waals surface area (Å²) in [6.07, 6.45) is 4.70. The molecule has 134 valence electrons. The van der Waals surface area contributed by atoms with Crippen LogP contribution in [0.1, 0.15) is 31.2 Å². The lowest BCUT2D eigenvalue weighted by molar-refractivity contribution is -0.124. The molecule has 0 aliphatic carbocycles. The number of benzene rings is 1. The first-order valence-electron chi connectivity index (χ1n) is 8.39. The normalized spacial score (nSPS) is 16.5. The summed E-state index contributed by atoms with van der Waals surface area (Å²) in [6, 6.07) is 6.94. The van der Waals surface area contributed by atoms with E-state index in [4.69, 9.17) is 4.74 Å². The van der Waals surface area contributed by atoms with E-state index in [2.05, 4.69) is 5.32 Å². The van der Waals surface area contributed by atoms with Crippen LogP contribution >= 0.6 is 0 Å². The smallest absolute Gasteiger partial charge is 0.245 e. The van der Waals surface area contributed by atoms with Gasteiger partial charge in [-0.3, -0.25) is 4.79 Å². The topological polar surface area (TPSA) is 75.7 Å². The molecule has 1 aromatic carbocycles. The van der Waals surface area contributed by atoms with Crippen LogP contribution in [0.15, 0.2) is 29.2 Å². The van der Waals surface area contributed by atoms with Gasteiger partial charge in [-0.1, -0.05) is 25.0 Å². The number of ether oxygens (including phenoxy) is 1. The molecule has 0 bridgehead atoms. The zero-order valence-electron chi connectivity index (χ0n) is 14.2. The largest absolute Gasteiger partial charge is 0.375 e. The molecule has 1 fully saturated rings. The van der Waals surface area contributed by atoms with Crippen molar-refractivity contribution in [3.63, 3.8) is 0 Å². The molecule has 0 unspecified atom stereocenters. The summed E-state index contributed by atoms with van der Waals surface area (Å²) in [5.41, 5.74) is 0.988. The second-order valence-corrected chi connectivity index (χ2v) is 7.93. The second-order valence-electron chi connectivity index (χ2n) is 6.00. The van der Waals surface area contributed by atoms with Gasteiger partial charge in [-0.05, 0) is 37.0 Å². The molecule has 1 N–H and O–H groups in total. The predicted octanol–water partition coefficient (Wildman–Crippen LogP) is 1.56. The van der Waals surface area contributed by atoms with Crippen molar-refractivity contribution >= 4 is 15.9 Å². The first kappa shape index (κ1) is 18.9. The predicted molar refractivity (Wildman–Crippen MR) is 92.3 cm³/mol. The Morgan fingerprint density at radius 2 is 1.75 bits per heavy atom. The zero-order chi connectivity index (χ0) is 17.4. The van der Waals surface area contributed by atoms with Crippen LogP contribution in [0.3, 0.4) is 0 Å². The lowest BCUT2D eigenvalue weighted by Crippen LogP contribution is -2.32. The molecule has 1 aromatic rings. The molecular weight excluding hydrogens is 328 g/mol. The molecule has 0 aromatic heterocycles. The number of hydrogen-bond acceptors (Lipinski definition) is 4. The summed E-state index contributed by atoms with van der Waals surface area (Å²) in [4.78, 5) is 11.6. The number of nitrogens with one attached hydrogen (secondary N) is 1. The number of hydrogen-bond donors (Lipinski definition) is 1. The van der Waals surface area contributed by atoms with Gasteiger partial charge in [0.25, 0.3) is 0 Å². The molecule has 1 aliphatic rings. The van der Waals surface area contributed by atoms with Crippen molar-refractivity contribution in [3.05, 3.63) is 29.8 Å². The summed E-state index contributed by atoms with van der Waals surface area (Å²) < 4.78 is 31.7. The van der Waals surface area contributed by atoms with Gasteiger partial charge in [-0.2, -0.15) is 4.31 Å². The number of sulfonamides is 1. The van der Waals surface area contributed by atoms with E-state index < -0.39 is 10.0 Å². The van der Waals surface area contributed by atoms with E-state index in [1.807, 2.05) is 12.1 Å². The Bertz CT molecular complexity index is 620. The Hall–Kier alpha value is -1.44. The Morgan fingerprint density at radius 1 is 1.12 bits per heavy atom. The quantitative estimate of drug-likeness (QED) is 0.806. The van der Waals surface area contributed by atoms with Gasteiger partial charge in [0, 0.05) is 26.7 Å². The molecule has 1 amide bonds. The van der Waals surface area contributed by atoms with Crippen molar-refractivity contribution < 1.29 is 17.9 Å². The van der Waals surface area contributed by atoms with Crippen molar-refractivity contribution in [2.45, 2.75) is 37.0 Å². The fourth-order valence-corrected chi connectivity index (χ4v) is 4.30. The number of nitrogens with zero attached hydrogens (tertiary/aromatic N) is 1. The van der Waals surface area contributed by atoms with Crippen molar-refractivity contribution in [1.29, 1.82) is 0 Å². The zero-order valence-corrected chi connectivity index (χ0v) is 15.0. The third kappa shape index (κ3) is 5.29. The van der Waals surface area contributed by atoms with Crippen LogP contribution in [0, 0.1) is 0 Å². The lowest BCUT2D eigenvalue weighted by atomic mass is 10.1. The fourth-order valence-electron chi connectivity index (χ4n) is 2.79. The highest BCUT2D eigenvalue weighted by molar-refractivity contribution is 7.89. The molecule has 1 aliphatic heterocycles. The molecule has 0 spiro atoms. The summed E-state index contributed by atoms with van der Waals surface area (Å²) in [5.74, 6) is -0.155. The van der Waals surface area contributed by atoms with Crippen LogP contribution in [-0.4, -0.2) is 52.0 Å². The van der Waals surface area contributed by atoms with Crippen LogP contribution in [0.5, 0.6) is 0 Å². The van der Waals surface area contributed by atoms with Gasteiger partial charge in [-0.15, -0.1) is 0 Å². The third-order valence-electron chi connectivity index (χ3n) is 4.14. The van der Waals surface area contributed by atoms with Crippen LogP contribution < -0.4 is 5.32 Å². The average Bonchev–Trinajstić information content (AvgIpc) is 2.85. The minimum atomic E-state index is -3.40. The van der Waals surface area contributed by atoms with Crippen LogP contribution in [0.4, 0.5) is 0 Å². The van der Waals surface area contributed by atoms with Gasteiger partial charge in [0.1, 0.15) is 6.61 Å². The van der Waals surface area contributed by atoms with Crippen LogP contribution in [-0.2, 0) is 26.0 Å². The summed E-state index contributed by atoms with van der Waals surface area (Å²) in [6.45, 7) is 1.76. The number of amides is 1. The number of rotatable bonds is 7. The number of carbonyl (C=O) groups is 1. The minimum absolute atomic E-state index is 0.0486. The molecule has 1 heterocycles. The maximum Gasteiger partial charge on any atom is 0.245 e. The minimum Gasteiger partial charge on any atom is -0.375 e. The van der Waals surface area contributed by atoms with Crippen molar-refractivity contribution in [3.8, 4) is 0 Å². The first-order chi connectivity index (χ1) is 11.5. The van der Waals surface area contributed by atoms with E-state index in [-0.39, 0.29) is 12.5 Å². The summed E-state index contributed by atoms with van der Waals surface area (Å²) in [7, 11) is -1.92. The molecular formula is C17H26N2O4S. The van der Waals surface area contributed by atoms with Crippen LogP contribution in [0.2, 0.25) is 0 Å². The SMILES string of the molecule is COCC(=O)NCCc1ccc(S(=O)(=O)N2CCCCCC2)cc1. The van der Waals surface area contributed by atoms with Gasteiger partial charge in [0.15, 0.2) is 0 Å².